The number of aryl methyl sites for hydroxylation is 2. The second-order valence-corrected chi connectivity index (χ2v) is 4.55. The van der Waals surface area contributed by atoms with Crippen molar-refractivity contribution in [2.24, 2.45) is 7.05 Å². The zero-order valence-electron chi connectivity index (χ0n) is 11.4. The second kappa shape index (κ2) is 5.44. The minimum absolute atomic E-state index is 0.466. The molecular weight excluding hydrogens is 266 g/mol. The van der Waals surface area contributed by atoms with Crippen molar-refractivity contribution in [1.82, 2.24) is 19.7 Å². The van der Waals surface area contributed by atoms with Gasteiger partial charge in [-0.15, -0.1) is 0 Å². The lowest BCUT2D eigenvalue weighted by Gasteiger charge is -2.08. The van der Waals surface area contributed by atoms with Gasteiger partial charge in [-0.2, -0.15) is 5.10 Å². The molecule has 0 aliphatic rings. The van der Waals surface area contributed by atoms with Crippen LogP contribution in [0, 0.1) is 13.8 Å². The molecule has 0 fully saturated rings. The van der Waals surface area contributed by atoms with Crippen LogP contribution in [0.5, 0.6) is 5.88 Å². The van der Waals surface area contributed by atoms with Crippen molar-refractivity contribution in [3.63, 3.8) is 0 Å². The summed E-state index contributed by atoms with van der Waals surface area (Å²) in [7, 11) is 3.45. The molecule has 1 N–H and O–H groups in total. The van der Waals surface area contributed by atoms with Crippen LogP contribution in [0.1, 0.15) is 17.1 Å². The SMILES string of the molecule is COc1cc(CNc2nc(C)nc(Cl)c2C)nn1C. The number of methoxy groups -OCH3 is 1. The molecule has 0 saturated carbocycles. The number of rotatable bonds is 4. The maximum Gasteiger partial charge on any atom is 0.211 e. The van der Waals surface area contributed by atoms with Gasteiger partial charge in [0.05, 0.1) is 19.3 Å². The summed E-state index contributed by atoms with van der Waals surface area (Å²) in [5.41, 5.74) is 1.70. The number of anilines is 1. The molecule has 0 radical (unpaired) electrons. The average Bonchev–Trinajstić information content (AvgIpc) is 2.72. The highest BCUT2D eigenvalue weighted by atomic mass is 35.5. The quantitative estimate of drug-likeness (QED) is 0.870. The van der Waals surface area contributed by atoms with Crippen LogP contribution < -0.4 is 10.1 Å². The molecule has 6 nitrogen and oxygen atoms in total. The molecule has 19 heavy (non-hydrogen) atoms. The van der Waals surface area contributed by atoms with E-state index in [0.717, 1.165) is 17.1 Å². The first-order chi connectivity index (χ1) is 9.01. The Bertz CT molecular complexity index is 596. The van der Waals surface area contributed by atoms with Gasteiger partial charge in [0, 0.05) is 18.7 Å². The first kappa shape index (κ1) is 13.6. The Balaban J connectivity index is 2.14. The van der Waals surface area contributed by atoms with E-state index in [9.17, 15) is 0 Å². The zero-order chi connectivity index (χ0) is 14.0. The molecule has 0 amide bonds. The predicted octanol–water partition coefficient (Wildman–Crippen LogP) is 2.10. The first-order valence-corrected chi connectivity index (χ1v) is 6.20. The molecule has 0 bridgehead atoms. The lowest BCUT2D eigenvalue weighted by atomic mass is 10.3. The molecule has 2 heterocycles. The van der Waals surface area contributed by atoms with Gasteiger partial charge >= 0.3 is 0 Å². The Morgan fingerprint density at radius 3 is 2.74 bits per heavy atom. The minimum atomic E-state index is 0.466. The van der Waals surface area contributed by atoms with Gasteiger partial charge in [-0.3, -0.25) is 0 Å². The van der Waals surface area contributed by atoms with Gasteiger partial charge in [-0.05, 0) is 13.8 Å². The Hall–Kier alpha value is -1.82. The van der Waals surface area contributed by atoms with Crippen LogP contribution in [0.3, 0.4) is 0 Å². The highest BCUT2D eigenvalue weighted by Gasteiger charge is 2.09. The van der Waals surface area contributed by atoms with Crippen molar-refractivity contribution in [3.05, 3.63) is 28.3 Å². The van der Waals surface area contributed by atoms with E-state index in [2.05, 4.69) is 20.4 Å². The fourth-order valence-electron chi connectivity index (χ4n) is 1.72. The molecule has 2 aromatic rings. The molecular formula is C12H16ClN5O. The third kappa shape index (κ3) is 2.96. The maximum atomic E-state index is 6.02. The van der Waals surface area contributed by atoms with E-state index in [-0.39, 0.29) is 0 Å². The van der Waals surface area contributed by atoms with Crippen molar-refractivity contribution >= 4 is 17.4 Å². The third-order valence-corrected chi connectivity index (χ3v) is 3.10. The Morgan fingerprint density at radius 2 is 2.11 bits per heavy atom. The monoisotopic (exact) mass is 281 g/mol. The fourth-order valence-corrected chi connectivity index (χ4v) is 1.94. The summed E-state index contributed by atoms with van der Waals surface area (Å²) < 4.78 is 6.85. The summed E-state index contributed by atoms with van der Waals surface area (Å²) in [6.07, 6.45) is 0. The number of hydrogen-bond donors (Lipinski definition) is 1. The predicted molar refractivity (Wildman–Crippen MR) is 73.6 cm³/mol. The molecule has 0 aliphatic carbocycles. The summed E-state index contributed by atoms with van der Waals surface area (Å²) in [4.78, 5) is 8.42. The molecule has 0 unspecified atom stereocenters. The van der Waals surface area contributed by atoms with Gasteiger partial charge in [-0.1, -0.05) is 11.6 Å². The summed E-state index contributed by atoms with van der Waals surface area (Å²) in [6.45, 7) is 4.23. The van der Waals surface area contributed by atoms with Crippen molar-refractivity contribution in [2.75, 3.05) is 12.4 Å². The molecule has 0 saturated heterocycles. The largest absolute Gasteiger partial charge is 0.481 e. The average molecular weight is 282 g/mol. The first-order valence-electron chi connectivity index (χ1n) is 5.82. The molecule has 102 valence electrons. The van der Waals surface area contributed by atoms with Gasteiger partial charge in [-0.25, -0.2) is 14.6 Å². The van der Waals surface area contributed by atoms with E-state index >= 15 is 0 Å². The van der Waals surface area contributed by atoms with Crippen molar-refractivity contribution in [1.29, 1.82) is 0 Å². The fraction of sp³-hybridized carbons (Fsp3) is 0.417. The van der Waals surface area contributed by atoms with Crippen LogP contribution in [-0.2, 0) is 13.6 Å². The van der Waals surface area contributed by atoms with Crippen molar-refractivity contribution in [3.8, 4) is 5.88 Å². The molecule has 0 aromatic carbocycles. The summed E-state index contributed by atoms with van der Waals surface area (Å²) in [6, 6.07) is 1.87. The lowest BCUT2D eigenvalue weighted by molar-refractivity contribution is 0.373. The molecule has 2 aromatic heterocycles. The van der Waals surface area contributed by atoms with Gasteiger partial charge in [0.15, 0.2) is 0 Å². The lowest BCUT2D eigenvalue weighted by Crippen LogP contribution is -2.06. The van der Waals surface area contributed by atoms with E-state index in [1.54, 1.807) is 18.7 Å². The Labute approximate surface area is 116 Å². The van der Waals surface area contributed by atoms with Crippen LogP contribution >= 0.6 is 11.6 Å². The van der Waals surface area contributed by atoms with Crippen LogP contribution in [0.4, 0.5) is 5.82 Å². The number of ether oxygens (including phenoxy) is 1. The van der Waals surface area contributed by atoms with E-state index < -0.39 is 0 Å². The van der Waals surface area contributed by atoms with Crippen LogP contribution in [-0.4, -0.2) is 26.9 Å². The molecule has 7 heteroatoms. The third-order valence-electron chi connectivity index (χ3n) is 2.73. The summed E-state index contributed by atoms with van der Waals surface area (Å²) >= 11 is 6.02. The minimum Gasteiger partial charge on any atom is -0.481 e. The number of nitrogens with one attached hydrogen (secondary N) is 1. The van der Waals surface area contributed by atoms with Gasteiger partial charge in [0.25, 0.3) is 0 Å². The van der Waals surface area contributed by atoms with Crippen molar-refractivity contribution < 1.29 is 4.74 Å². The van der Waals surface area contributed by atoms with Crippen LogP contribution in [0.15, 0.2) is 6.07 Å². The summed E-state index contributed by atoms with van der Waals surface area (Å²) in [5.74, 6) is 2.07. The zero-order valence-corrected chi connectivity index (χ0v) is 12.1. The molecule has 0 spiro atoms. The number of nitrogens with zero attached hydrogens (tertiary/aromatic N) is 4. The highest BCUT2D eigenvalue weighted by Crippen LogP contribution is 2.20. The van der Waals surface area contributed by atoms with E-state index in [1.807, 2.05) is 20.0 Å². The maximum absolute atomic E-state index is 6.02. The topological polar surface area (TPSA) is 64.9 Å². The van der Waals surface area contributed by atoms with Crippen LogP contribution in [0.25, 0.3) is 0 Å². The number of halogens is 1. The van der Waals surface area contributed by atoms with Gasteiger partial charge < -0.3 is 10.1 Å². The Kier molecular flexibility index (Phi) is 3.90. The molecule has 2 rings (SSSR count). The molecule has 0 aliphatic heterocycles. The summed E-state index contributed by atoms with van der Waals surface area (Å²) in [5, 5.41) is 8.00. The van der Waals surface area contributed by atoms with Crippen molar-refractivity contribution in [2.45, 2.75) is 20.4 Å². The van der Waals surface area contributed by atoms with Gasteiger partial charge in [0.2, 0.25) is 5.88 Å². The van der Waals surface area contributed by atoms with E-state index in [0.29, 0.717) is 23.4 Å². The Morgan fingerprint density at radius 1 is 1.37 bits per heavy atom. The van der Waals surface area contributed by atoms with Gasteiger partial charge in [0.1, 0.15) is 16.8 Å². The number of hydrogen-bond acceptors (Lipinski definition) is 5. The standard InChI is InChI=1S/C12H16ClN5O/c1-7-11(13)15-8(2)16-12(7)14-6-9-5-10(19-4)18(3)17-9/h5H,6H2,1-4H3,(H,14,15,16). The number of aromatic nitrogens is 4. The highest BCUT2D eigenvalue weighted by molar-refractivity contribution is 6.30. The second-order valence-electron chi connectivity index (χ2n) is 4.19. The normalized spacial score (nSPS) is 10.6. The van der Waals surface area contributed by atoms with Crippen LogP contribution in [0.2, 0.25) is 5.15 Å². The smallest absolute Gasteiger partial charge is 0.211 e. The van der Waals surface area contributed by atoms with E-state index in [4.69, 9.17) is 16.3 Å². The molecule has 0 atom stereocenters. The van der Waals surface area contributed by atoms with E-state index in [1.165, 1.54) is 0 Å².